The van der Waals surface area contributed by atoms with Crippen molar-refractivity contribution in [2.75, 3.05) is 18.5 Å². The first-order valence-electron chi connectivity index (χ1n) is 5.81. The number of hydrogen-bond acceptors (Lipinski definition) is 3. The van der Waals surface area contributed by atoms with Gasteiger partial charge in [0.15, 0.2) is 0 Å². The minimum absolute atomic E-state index is 0.0394. The Balaban J connectivity index is 2.63. The quantitative estimate of drug-likeness (QED) is 0.772. The summed E-state index contributed by atoms with van der Waals surface area (Å²) in [6.45, 7) is 3.75. The molecule has 0 fully saturated rings. The lowest BCUT2D eigenvalue weighted by Crippen LogP contribution is -2.29. The molecular weight excluding hydrogens is 202 g/mol. The average molecular weight is 221 g/mol. The van der Waals surface area contributed by atoms with E-state index in [-0.39, 0.29) is 11.6 Å². The van der Waals surface area contributed by atoms with Crippen LogP contribution in [0, 0.1) is 0 Å². The molecule has 0 radical (unpaired) electrons. The highest BCUT2D eigenvalue weighted by molar-refractivity contribution is 5.49. The molecule has 16 heavy (non-hydrogen) atoms. The molecule has 2 heterocycles. The molecule has 2 rings (SSSR count). The fraction of sp³-hybridized carbons (Fsp3) is 0.583. The molecule has 0 aliphatic carbocycles. The Labute approximate surface area is 95.7 Å². The summed E-state index contributed by atoms with van der Waals surface area (Å²) in [5.74, 6) is 1.00. The third-order valence-corrected chi connectivity index (χ3v) is 3.16. The predicted molar refractivity (Wildman–Crippen MR) is 65.8 cm³/mol. The number of rotatable bonds is 1. The van der Waals surface area contributed by atoms with Gasteiger partial charge >= 0.3 is 0 Å². The van der Waals surface area contributed by atoms with Crippen molar-refractivity contribution in [3.05, 3.63) is 28.0 Å². The van der Waals surface area contributed by atoms with Crippen LogP contribution in [-0.2, 0) is 6.54 Å². The van der Waals surface area contributed by atoms with Crippen molar-refractivity contribution in [3.8, 4) is 0 Å². The summed E-state index contributed by atoms with van der Waals surface area (Å²) in [6, 6.07) is 3.45. The van der Waals surface area contributed by atoms with E-state index in [2.05, 4.69) is 4.90 Å². The summed E-state index contributed by atoms with van der Waals surface area (Å²) in [6.07, 6.45) is 2.18. The van der Waals surface area contributed by atoms with Gasteiger partial charge in [0.1, 0.15) is 5.82 Å². The second kappa shape index (κ2) is 4.29. The molecule has 1 aliphatic rings. The van der Waals surface area contributed by atoms with Gasteiger partial charge in [-0.2, -0.15) is 0 Å². The Morgan fingerprint density at radius 3 is 2.69 bits per heavy atom. The number of anilines is 1. The predicted octanol–water partition coefficient (Wildman–Crippen LogP) is 1.10. The number of nitrogens with two attached hydrogens (primary N) is 1. The van der Waals surface area contributed by atoms with E-state index in [1.165, 1.54) is 0 Å². The Morgan fingerprint density at radius 2 is 2.00 bits per heavy atom. The zero-order chi connectivity index (χ0) is 11.7. The lowest BCUT2D eigenvalue weighted by molar-refractivity contribution is 0.632. The summed E-state index contributed by atoms with van der Waals surface area (Å²) >= 11 is 0. The van der Waals surface area contributed by atoms with Gasteiger partial charge in [-0.05, 0) is 25.8 Å². The number of aromatic nitrogens is 1. The Bertz CT molecular complexity index is 436. The van der Waals surface area contributed by atoms with Gasteiger partial charge in [-0.25, -0.2) is 0 Å². The van der Waals surface area contributed by atoms with Gasteiger partial charge in [-0.1, -0.05) is 0 Å². The first-order chi connectivity index (χ1) is 7.61. The van der Waals surface area contributed by atoms with Crippen molar-refractivity contribution >= 4 is 5.82 Å². The van der Waals surface area contributed by atoms with Crippen LogP contribution < -0.4 is 16.2 Å². The van der Waals surface area contributed by atoms with Crippen LogP contribution in [0.25, 0.3) is 0 Å². The van der Waals surface area contributed by atoms with Gasteiger partial charge in [0.05, 0.1) is 0 Å². The molecule has 1 aliphatic heterocycles. The molecule has 0 saturated carbocycles. The van der Waals surface area contributed by atoms with Crippen molar-refractivity contribution in [2.45, 2.75) is 32.4 Å². The van der Waals surface area contributed by atoms with Gasteiger partial charge < -0.3 is 10.6 Å². The molecular formula is C12H19N3O. The van der Waals surface area contributed by atoms with Crippen molar-refractivity contribution in [2.24, 2.45) is 5.73 Å². The van der Waals surface area contributed by atoms with E-state index in [1.807, 2.05) is 24.6 Å². The average Bonchev–Trinajstić information content (AvgIpc) is 2.42. The maximum absolute atomic E-state index is 11.8. The van der Waals surface area contributed by atoms with Gasteiger partial charge in [0, 0.05) is 37.8 Å². The fourth-order valence-corrected chi connectivity index (χ4v) is 2.31. The highest BCUT2D eigenvalue weighted by Gasteiger charge is 2.18. The van der Waals surface area contributed by atoms with Crippen LogP contribution in [0.4, 0.5) is 5.82 Å². The molecule has 0 amide bonds. The molecule has 0 bridgehead atoms. The molecule has 1 unspecified atom stereocenters. The Kier molecular flexibility index (Phi) is 3.01. The minimum atomic E-state index is -0.0394. The summed E-state index contributed by atoms with van der Waals surface area (Å²) in [5, 5.41) is 0. The molecule has 0 aromatic carbocycles. The van der Waals surface area contributed by atoms with Gasteiger partial charge in [0.25, 0.3) is 5.56 Å². The third kappa shape index (κ3) is 1.85. The molecule has 88 valence electrons. The standard InChI is InChI=1S/C12H19N3O/c1-9(13)10-5-6-11(16)15-8-4-3-7-14(2)12(10)15/h5-6,9H,3-4,7-8,13H2,1-2H3. The largest absolute Gasteiger partial charge is 0.361 e. The zero-order valence-electron chi connectivity index (χ0n) is 9.94. The summed E-state index contributed by atoms with van der Waals surface area (Å²) in [7, 11) is 2.03. The zero-order valence-corrected chi connectivity index (χ0v) is 9.94. The summed E-state index contributed by atoms with van der Waals surface area (Å²) in [5.41, 5.74) is 7.10. The molecule has 4 nitrogen and oxygen atoms in total. The smallest absolute Gasteiger partial charge is 0.252 e. The van der Waals surface area contributed by atoms with E-state index in [4.69, 9.17) is 5.73 Å². The lowest BCUT2D eigenvalue weighted by atomic mass is 10.1. The maximum atomic E-state index is 11.8. The van der Waals surface area contributed by atoms with Gasteiger partial charge in [0.2, 0.25) is 0 Å². The fourth-order valence-electron chi connectivity index (χ4n) is 2.31. The van der Waals surface area contributed by atoms with Crippen LogP contribution in [0.1, 0.15) is 31.4 Å². The highest BCUT2D eigenvalue weighted by atomic mass is 16.1. The normalized spacial score (nSPS) is 17.8. The molecule has 0 spiro atoms. The number of hydrogen-bond donors (Lipinski definition) is 1. The van der Waals surface area contributed by atoms with Crippen molar-refractivity contribution < 1.29 is 0 Å². The summed E-state index contributed by atoms with van der Waals surface area (Å²) < 4.78 is 1.85. The van der Waals surface area contributed by atoms with E-state index >= 15 is 0 Å². The van der Waals surface area contributed by atoms with E-state index in [0.29, 0.717) is 0 Å². The molecule has 4 heteroatoms. The van der Waals surface area contributed by atoms with Crippen molar-refractivity contribution in [3.63, 3.8) is 0 Å². The van der Waals surface area contributed by atoms with E-state index < -0.39 is 0 Å². The minimum Gasteiger partial charge on any atom is -0.361 e. The van der Waals surface area contributed by atoms with Gasteiger partial charge in [-0.3, -0.25) is 9.36 Å². The molecule has 1 aromatic heterocycles. The van der Waals surface area contributed by atoms with Crippen molar-refractivity contribution in [1.29, 1.82) is 0 Å². The topological polar surface area (TPSA) is 51.3 Å². The van der Waals surface area contributed by atoms with E-state index in [9.17, 15) is 4.79 Å². The van der Waals surface area contributed by atoms with Gasteiger partial charge in [-0.15, -0.1) is 0 Å². The van der Waals surface area contributed by atoms with Crippen molar-refractivity contribution in [1.82, 2.24) is 4.57 Å². The number of fused-ring (bicyclic) bond motifs is 1. The SMILES string of the molecule is CC(N)c1ccc(=O)n2c1N(C)CCCC2. The van der Waals surface area contributed by atoms with Crippen LogP contribution in [0.3, 0.4) is 0 Å². The highest BCUT2D eigenvalue weighted by Crippen LogP contribution is 2.25. The molecule has 2 N–H and O–H groups in total. The molecule has 0 saturated heterocycles. The number of nitrogens with zero attached hydrogens (tertiary/aromatic N) is 2. The maximum Gasteiger partial charge on any atom is 0.252 e. The lowest BCUT2D eigenvalue weighted by Gasteiger charge is -2.24. The Morgan fingerprint density at radius 1 is 1.31 bits per heavy atom. The van der Waals surface area contributed by atoms with Crippen LogP contribution in [0.15, 0.2) is 16.9 Å². The van der Waals surface area contributed by atoms with Crippen LogP contribution in [0.5, 0.6) is 0 Å². The summed E-state index contributed by atoms with van der Waals surface area (Å²) in [4.78, 5) is 14.0. The first-order valence-corrected chi connectivity index (χ1v) is 5.81. The molecule has 1 atom stereocenters. The van der Waals surface area contributed by atoms with Crippen LogP contribution in [-0.4, -0.2) is 18.2 Å². The van der Waals surface area contributed by atoms with E-state index in [1.54, 1.807) is 6.07 Å². The first kappa shape index (κ1) is 11.2. The molecule has 1 aromatic rings. The third-order valence-electron chi connectivity index (χ3n) is 3.16. The monoisotopic (exact) mass is 221 g/mol. The van der Waals surface area contributed by atoms with Crippen LogP contribution >= 0.6 is 0 Å². The second-order valence-electron chi connectivity index (χ2n) is 4.52. The number of pyridine rings is 1. The second-order valence-corrected chi connectivity index (χ2v) is 4.52. The van der Waals surface area contributed by atoms with E-state index in [0.717, 1.165) is 37.3 Å². The Hall–Kier alpha value is -1.29. The van der Waals surface area contributed by atoms with Crippen LogP contribution in [0.2, 0.25) is 0 Å².